The second-order valence-corrected chi connectivity index (χ2v) is 14.9. The second kappa shape index (κ2) is 28.6. The van der Waals surface area contributed by atoms with Crippen LogP contribution < -0.4 is 10.6 Å². The maximum atomic E-state index is 13.2. The third kappa shape index (κ3) is 22.2. The van der Waals surface area contributed by atoms with Gasteiger partial charge >= 0.3 is 0 Å². The van der Waals surface area contributed by atoms with E-state index in [9.17, 15) is 24.6 Å². The highest BCUT2D eigenvalue weighted by molar-refractivity contribution is 8.77. The minimum absolute atomic E-state index is 0.0113. The Balaban J connectivity index is 2.30. The molecular weight excluding hydrogens is 655 g/mol. The van der Waals surface area contributed by atoms with Gasteiger partial charge in [0.15, 0.2) is 5.78 Å². The van der Waals surface area contributed by atoms with E-state index in [2.05, 4.69) is 89.4 Å². The van der Waals surface area contributed by atoms with E-state index in [-0.39, 0.29) is 18.1 Å². The molecule has 0 unspecified atom stereocenters. The van der Waals surface area contributed by atoms with Crippen molar-refractivity contribution in [2.24, 2.45) is 5.92 Å². The van der Waals surface area contributed by atoms with Gasteiger partial charge in [-0.2, -0.15) is 0 Å². The topological polar surface area (TPSA) is 129 Å². The molecule has 0 aromatic carbocycles. The third-order valence-corrected chi connectivity index (χ3v) is 10.6. The molecule has 0 aliphatic carbocycles. The van der Waals surface area contributed by atoms with E-state index in [1.165, 1.54) is 27.8 Å². The molecule has 0 aliphatic rings. The van der Waals surface area contributed by atoms with Gasteiger partial charge in [-0.15, -0.1) is 0 Å². The Bertz CT molecular complexity index is 1240. The van der Waals surface area contributed by atoms with Gasteiger partial charge in [-0.3, -0.25) is 19.4 Å². The molecule has 1 atom stereocenters. The number of amides is 2. The van der Waals surface area contributed by atoms with Crippen molar-refractivity contribution in [3.05, 3.63) is 103 Å². The molecule has 270 valence electrons. The number of nitrogens with zero attached hydrogens (tertiary/aromatic N) is 1. The van der Waals surface area contributed by atoms with Crippen molar-refractivity contribution in [2.45, 2.75) is 89.3 Å². The molecule has 1 aromatic heterocycles. The van der Waals surface area contributed by atoms with Crippen LogP contribution in [0.3, 0.4) is 0 Å². The highest BCUT2D eigenvalue weighted by Gasteiger charge is 2.38. The van der Waals surface area contributed by atoms with Crippen molar-refractivity contribution < 1.29 is 24.6 Å². The molecule has 0 spiro atoms. The smallest absolute Gasteiger partial charge is 0.225 e. The predicted octanol–water partition coefficient (Wildman–Crippen LogP) is 7.49. The Labute approximate surface area is 302 Å². The van der Waals surface area contributed by atoms with Gasteiger partial charge in [-0.1, -0.05) is 101 Å². The fraction of sp³-hybridized carbons (Fsp3) is 0.487. The molecule has 0 saturated heterocycles. The number of ketones is 1. The van der Waals surface area contributed by atoms with Crippen molar-refractivity contribution in [3.63, 3.8) is 0 Å². The van der Waals surface area contributed by atoms with Crippen LogP contribution in [-0.2, 0) is 9.59 Å². The summed E-state index contributed by atoms with van der Waals surface area (Å²) >= 11 is 0. The number of aliphatic hydroxyl groups excluding tert-OH is 2. The number of Topliss-reactive ketones (excluding diaryl/α,β-unsaturated/α-hetero) is 1. The summed E-state index contributed by atoms with van der Waals surface area (Å²) in [5, 5.41) is 24.5. The SMILES string of the molecule is CC/C=C\C/C=C\C/C=C\C/C=C\C/C=C\C/C=C\CCC(=O)NCCSSC(C)(C)[C@H](CC(=O)c1cccnc1)C(=O)NC(CO)CO. The van der Waals surface area contributed by atoms with Crippen LogP contribution in [0.15, 0.2) is 97.4 Å². The summed E-state index contributed by atoms with van der Waals surface area (Å²) in [6.45, 7) is 5.59. The zero-order chi connectivity index (χ0) is 36.0. The van der Waals surface area contributed by atoms with E-state index in [1.807, 2.05) is 19.9 Å². The zero-order valence-corrected chi connectivity index (χ0v) is 31.1. The number of allylic oxidation sites excluding steroid dienone is 12. The molecule has 4 N–H and O–H groups in total. The Hall–Kier alpha value is -3.18. The molecule has 10 heteroatoms. The first kappa shape index (κ1) is 43.8. The standard InChI is InChI=1S/C39H57N3O5S2/c1-4-5-6-7-8-9-10-11-12-13-14-15-16-17-18-19-20-21-22-25-37(46)41-27-28-48-49-39(2,3)35(38(47)42-34(31-43)32-44)29-36(45)33-24-23-26-40-30-33/h5-6,8-9,11-12,14-15,17-18,20-21,23-24,26,30,34-35,43-44H,4,7,10,13,16,19,22,25,27-29,31-32H2,1-3H3,(H,41,46)(H,42,47)/b6-5-,9-8-,12-11-,15-14-,18-17-,21-20-/t35-/m1/s1. The quantitative estimate of drug-likeness (QED) is 0.0320. The number of aromatic nitrogens is 1. The monoisotopic (exact) mass is 711 g/mol. The summed E-state index contributed by atoms with van der Waals surface area (Å²) in [4.78, 5) is 42.4. The number of carbonyl (C=O) groups excluding carboxylic acids is 3. The summed E-state index contributed by atoms with van der Waals surface area (Å²) < 4.78 is -0.665. The number of hydrogen-bond acceptors (Lipinski definition) is 8. The van der Waals surface area contributed by atoms with Crippen LogP contribution in [0.4, 0.5) is 0 Å². The molecule has 8 nitrogen and oxygen atoms in total. The molecule has 2 amide bonds. The summed E-state index contributed by atoms with van der Waals surface area (Å²) in [5.74, 6) is -0.737. The lowest BCUT2D eigenvalue weighted by molar-refractivity contribution is -0.127. The summed E-state index contributed by atoms with van der Waals surface area (Å²) in [6.07, 6.45) is 35.8. The average molecular weight is 712 g/mol. The Morgan fingerprint density at radius 3 is 1.92 bits per heavy atom. The van der Waals surface area contributed by atoms with E-state index in [0.717, 1.165) is 38.5 Å². The zero-order valence-electron chi connectivity index (χ0n) is 29.5. The van der Waals surface area contributed by atoms with Gasteiger partial charge in [0.2, 0.25) is 11.8 Å². The van der Waals surface area contributed by atoms with Crippen LogP contribution in [0.2, 0.25) is 0 Å². The lowest BCUT2D eigenvalue weighted by Gasteiger charge is -2.33. The fourth-order valence-electron chi connectivity index (χ4n) is 4.36. The van der Waals surface area contributed by atoms with Gasteiger partial charge in [0, 0.05) is 47.8 Å². The summed E-state index contributed by atoms with van der Waals surface area (Å²) in [7, 11) is 2.99. The van der Waals surface area contributed by atoms with E-state index >= 15 is 0 Å². The maximum absolute atomic E-state index is 13.2. The average Bonchev–Trinajstić information content (AvgIpc) is 3.10. The number of hydrogen-bond donors (Lipinski definition) is 4. The number of aliphatic hydroxyl groups is 2. The highest BCUT2D eigenvalue weighted by atomic mass is 33.1. The van der Waals surface area contributed by atoms with E-state index in [4.69, 9.17) is 0 Å². The van der Waals surface area contributed by atoms with Crippen LogP contribution in [0.25, 0.3) is 0 Å². The fourth-order valence-corrected chi connectivity index (χ4v) is 7.00. The van der Waals surface area contributed by atoms with Gasteiger partial charge in [-0.05, 0) is 70.9 Å². The van der Waals surface area contributed by atoms with Crippen LogP contribution in [0, 0.1) is 5.92 Å². The summed E-state index contributed by atoms with van der Waals surface area (Å²) in [6, 6.07) is 2.53. The molecule has 1 heterocycles. The maximum Gasteiger partial charge on any atom is 0.225 e. The number of nitrogens with one attached hydrogen (secondary N) is 2. The first-order valence-corrected chi connectivity index (χ1v) is 19.5. The Morgan fingerprint density at radius 1 is 0.857 bits per heavy atom. The van der Waals surface area contributed by atoms with Crippen LogP contribution in [-0.4, -0.2) is 69.1 Å². The van der Waals surface area contributed by atoms with Gasteiger partial charge in [0.25, 0.3) is 0 Å². The third-order valence-electron chi connectivity index (χ3n) is 7.23. The van der Waals surface area contributed by atoms with Gasteiger partial charge in [-0.25, -0.2) is 0 Å². The van der Waals surface area contributed by atoms with Gasteiger partial charge in [0.1, 0.15) is 0 Å². The predicted molar refractivity (Wildman–Crippen MR) is 207 cm³/mol. The molecule has 0 bridgehead atoms. The minimum Gasteiger partial charge on any atom is -0.394 e. The first-order chi connectivity index (χ1) is 23.7. The Kier molecular flexibility index (Phi) is 25.6. The number of pyridine rings is 1. The van der Waals surface area contributed by atoms with E-state index in [1.54, 1.807) is 18.3 Å². The molecule has 1 aromatic rings. The number of rotatable bonds is 27. The minimum atomic E-state index is -0.805. The second-order valence-electron chi connectivity index (χ2n) is 11.8. The van der Waals surface area contributed by atoms with E-state index < -0.39 is 35.8 Å². The van der Waals surface area contributed by atoms with Crippen LogP contribution in [0.1, 0.15) is 88.9 Å². The molecule has 1 rings (SSSR count). The number of carbonyl (C=O) groups is 3. The molecule has 0 radical (unpaired) electrons. The van der Waals surface area contributed by atoms with E-state index in [0.29, 0.717) is 30.7 Å². The Morgan fingerprint density at radius 2 is 1.41 bits per heavy atom. The van der Waals surface area contributed by atoms with Crippen molar-refractivity contribution in [3.8, 4) is 0 Å². The lowest BCUT2D eigenvalue weighted by Crippen LogP contribution is -2.48. The van der Waals surface area contributed by atoms with Crippen LogP contribution in [0.5, 0.6) is 0 Å². The summed E-state index contributed by atoms with van der Waals surface area (Å²) in [5.41, 5.74) is 0.418. The lowest BCUT2D eigenvalue weighted by atomic mass is 9.87. The van der Waals surface area contributed by atoms with Gasteiger partial charge < -0.3 is 20.8 Å². The van der Waals surface area contributed by atoms with Gasteiger partial charge in [0.05, 0.1) is 25.2 Å². The van der Waals surface area contributed by atoms with Crippen molar-refractivity contribution in [1.29, 1.82) is 0 Å². The van der Waals surface area contributed by atoms with Crippen molar-refractivity contribution in [1.82, 2.24) is 15.6 Å². The van der Waals surface area contributed by atoms with Crippen molar-refractivity contribution >= 4 is 39.2 Å². The molecule has 0 fully saturated rings. The molecular formula is C39H57N3O5S2. The largest absolute Gasteiger partial charge is 0.394 e. The van der Waals surface area contributed by atoms with Crippen molar-refractivity contribution in [2.75, 3.05) is 25.5 Å². The molecule has 0 saturated carbocycles. The molecule has 49 heavy (non-hydrogen) atoms. The highest BCUT2D eigenvalue weighted by Crippen LogP contribution is 2.42. The normalized spacial score (nSPS) is 13.3. The molecule has 0 aliphatic heterocycles. The first-order valence-electron chi connectivity index (χ1n) is 17.2. The van der Waals surface area contributed by atoms with Crippen LogP contribution >= 0.6 is 21.6 Å².